The first-order valence-corrected chi connectivity index (χ1v) is 10.5. The lowest BCUT2D eigenvalue weighted by Crippen LogP contribution is -2.42. The fraction of sp³-hybridized carbons (Fsp3) is 0.857. The highest BCUT2D eigenvalue weighted by atomic mass is 16.7. The first kappa shape index (κ1) is 19.8. The number of rotatable bonds is 6. The lowest BCUT2D eigenvalue weighted by molar-refractivity contribution is -0.137. The van der Waals surface area contributed by atoms with Gasteiger partial charge in [-0.3, -0.25) is 9.63 Å². The van der Waals surface area contributed by atoms with E-state index in [1.165, 1.54) is 31.3 Å². The molecule has 5 atom stereocenters. The van der Waals surface area contributed by atoms with Gasteiger partial charge < -0.3 is 10.1 Å². The van der Waals surface area contributed by atoms with Crippen molar-refractivity contribution < 1.29 is 14.4 Å². The van der Waals surface area contributed by atoms with E-state index in [9.17, 15) is 4.79 Å². The Bertz CT molecular complexity index is 507. The minimum Gasteiger partial charge on any atom is -0.380 e. The van der Waals surface area contributed by atoms with Gasteiger partial charge in [0.25, 0.3) is 0 Å². The molecule has 0 aromatic carbocycles. The number of carbonyl (C=O) groups excluding carboxylic acids is 1. The summed E-state index contributed by atoms with van der Waals surface area (Å²) in [6.07, 6.45) is 10.3. The Balaban J connectivity index is 1.64. The average molecular weight is 365 g/mol. The van der Waals surface area contributed by atoms with Crippen molar-refractivity contribution in [3.63, 3.8) is 0 Å². The van der Waals surface area contributed by atoms with Crippen molar-refractivity contribution in [2.24, 2.45) is 23.7 Å². The summed E-state index contributed by atoms with van der Waals surface area (Å²) in [7, 11) is 3.60. The summed E-state index contributed by atoms with van der Waals surface area (Å²) in [6, 6.07) is 0. The summed E-state index contributed by atoms with van der Waals surface area (Å²) in [5.74, 6) is 1.95. The summed E-state index contributed by atoms with van der Waals surface area (Å²) >= 11 is 0. The van der Waals surface area contributed by atoms with E-state index in [1.54, 1.807) is 7.05 Å². The fourth-order valence-corrected chi connectivity index (χ4v) is 5.12. The van der Waals surface area contributed by atoms with Gasteiger partial charge in [-0.05, 0) is 44.4 Å². The second-order valence-electron chi connectivity index (χ2n) is 8.29. The highest BCUT2D eigenvalue weighted by Gasteiger charge is 2.39. The molecule has 26 heavy (non-hydrogen) atoms. The van der Waals surface area contributed by atoms with Crippen molar-refractivity contribution >= 4 is 5.91 Å². The van der Waals surface area contributed by atoms with Crippen LogP contribution in [0.3, 0.4) is 0 Å². The van der Waals surface area contributed by atoms with Crippen LogP contribution in [0.25, 0.3) is 0 Å². The smallest absolute Gasteiger partial charge is 0.223 e. The molecule has 1 saturated heterocycles. The van der Waals surface area contributed by atoms with Gasteiger partial charge in [0.2, 0.25) is 5.91 Å². The minimum absolute atomic E-state index is 0.130. The van der Waals surface area contributed by atoms with Crippen molar-refractivity contribution in [3.05, 3.63) is 11.6 Å². The normalized spacial score (nSPS) is 36.0. The van der Waals surface area contributed by atoms with Crippen molar-refractivity contribution in [2.45, 2.75) is 58.0 Å². The molecule has 1 aliphatic heterocycles. The Kier molecular flexibility index (Phi) is 7.12. The van der Waals surface area contributed by atoms with E-state index in [2.05, 4.69) is 23.4 Å². The average Bonchev–Trinajstić information content (AvgIpc) is 3.15. The lowest BCUT2D eigenvalue weighted by atomic mass is 9.71. The van der Waals surface area contributed by atoms with Crippen molar-refractivity contribution in [1.29, 1.82) is 0 Å². The molecule has 0 aromatic heterocycles. The molecule has 1 heterocycles. The van der Waals surface area contributed by atoms with E-state index in [0.29, 0.717) is 17.8 Å². The number of nitrogens with zero attached hydrogens (tertiary/aromatic N) is 1. The van der Waals surface area contributed by atoms with Crippen LogP contribution in [0.4, 0.5) is 0 Å². The molecule has 0 bridgehead atoms. The third kappa shape index (κ3) is 4.49. The van der Waals surface area contributed by atoms with E-state index in [1.807, 2.05) is 7.11 Å². The zero-order chi connectivity index (χ0) is 18.5. The summed E-state index contributed by atoms with van der Waals surface area (Å²) in [5, 5.41) is 5.01. The maximum Gasteiger partial charge on any atom is 0.223 e. The van der Waals surface area contributed by atoms with Crippen LogP contribution in [0.5, 0.6) is 0 Å². The van der Waals surface area contributed by atoms with Gasteiger partial charge in [-0.2, -0.15) is 5.06 Å². The van der Waals surface area contributed by atoms with Crippen molar-refractivity contribution in [3.8, 4) is 0 Å². The number of hydrogen-bond donors (Lipinski definition) is 1. The summed E-state index contributed by atoms with van der Waals surface area (Å²) in [6.45, 7) is 5.13. The third-order valence-electron chi connectivity index (χ3n) is 6.69. The number of amides is 1. The molecule has 1 saturated carbocycles. The van der Waals surface area contributed by atoms with E-state index >= 15 is 0 Å². The number of methoxy groups -OCH3 is 1. The van der Waals surface area contributed by atoms with Crippen molar-refractivity contribution in [1.82, 2.24) is 10.4 Å². The van der Waals surface area contributed by atoms with Crippen LogP contribution in [0.1, 0.15) is 51.9 Å². The molecule has 5 nitrogen and oxygen atoms in total. The first-order valence-electron chi connectivity index (χ1n) is 10.5. The third-order valence-corrected chi connectivity index (χ3v) is 6.69. The van der Waals surface area contributed by atoms with E-state index in [-0.39, 0.29) is 17.9 Å². The largest absolute Gasteiger partial charge is 0.380 e. The lowest BCUT2D eigenvalue weighted by Gasteiger charge is -2.41. The van der Waals surface area contributed by atoms with Gasteiger partial charge in [0.05, 0.1) is 12.7 Å². The Morgan fingerprint density at radius 1 is 1.38 bits per heavy atom. The maximum atomic E-state index is 12.1. The van der Waals surface area contributed by atoms with Crippen LogP contribution >= 0.6 is 0 Å². The Hall–Kier alpha value is -0.910. The topological polar surface area (TPSA) is 50.8 Å². The van der Waals surface area contributed by atoms with Crippen LogP contribution < -0.4 is 5.32 Å². The number of carbonyl (C=O) groups is 1. The molecule has 4 unspecified atom stereocenters. The predicted molar refractivity (Wildman–Crippen MR) is 102 cm³/mol. The fourth-order valence-electron chi connectivity index (χ4n) is 5.12. The number of hydroxylamine groups is 2. The molecular weight excluding hydrogens is 328 g/mol. The van der Waals surface area contributed by atoms with Crippen molar-refractivity contribution in [2.75, 3.05) is 33.9 Å². The molecule has 2 aliphatic carbocycles. The summed E-state index contributed by atoms with van der Waals surface area (Å²) in [5.41, 5.74) is 1.45. The zero-order valence-electron chi connectivity index (χ0n) is 16.7. The van der Waals surface area contributed by atoms with Gasteiger partial charge in [-0.25, -0.2) is 0 Å². The molecular formula is C21H36N2O3. The SMILES string of the molecule is CC[C@H]1CON(CC2CCCC(C3=CCCC(C(=O)NC)C3)C2OC)C1. The molecule has 3 rings (SSSR count). The van der Waals surface area contributed by atoms with Gasteiger partial charge in [-0.15, -0.1) is 0 Å². The molecule has 3 aliphatic rings. The number of hydrogen-bond acceptors (Lipinski definition) is 4. The van der Waals surface area contributed by atoms with Crippen LogP contribution in [0.15, 0.2) is 11.6 Å². The number of nitrogens with one attached hydrogen (secondary N) is 1. The molecule has 5 heteroatoms. The second-order valence-corrected chi connectivity index (χ2v) is 8.29. The number of ether oxygens (including phenoxy) is 1. The second kappa shape index (κ2) is 9.34. The molecule has 0 aromatic rings. The van der Waals surface area contributed by atoms with E-state index in [4.69, 9.17) is 9.57 Å². The molecule has 0 spiro atoms. The Morgan fingerprint density at radius 2 is 2.23 bits per heavy atom. The Morgan fingerprint density at radius 3 is 2.92 bits per heavy atom. The van der Waals surface area contributed by atoms with Gasteiger partial charge in [0, 0.05) is 45.0 Å². The monoisotopic (exact) mass is 364 g/mol. The van der Waals surface area contributed by atoms with Crippen LogP contribution in [0.2, 0.25) is 0 Å². The van der Waals surface area contributed by atoms with Crippen LogP contribution in [-0.2, 0) is 14.4 Å². The van der Waals surface area contributed by atoms with Gasteiger partial charge in [0.15, 0.2) is 0 Å². The van der Waals surface area contributed by atoms with Gasteiger partial charge in [-0.1, -0.05) is 25.0 Å². The molecule has 0 radical (unpaired) electrons. The standard InChI is InChI=1S/C21H36N2O3/c1-4-15-12-23(26-14-15)13-18-9-6-10-19(20(18)25-3)16-7-5-8-17(11-16)21(24)22-2/h7,15,17-20H,4-6,8-14H2,1-3H3,(H,22,24)/t15-,17?,18?,19?,20?/m1/s1. The quantitative estimate of drug-likeness (QED) is 0.736. The van der Waals surface area contributed by atoms with Gasteiger partial charge in [0.1, 0.15) is 0 Å². The highest BCUT2D eigenvalue weighted by molar-refractivity contribution is 5.78. The summed E-state index contributed by atoms with van der Waals surface area (Å²) < 4.78 is 6.03. The molecule has 2 fully saturated rings. The summed E-state index contributed by atoms with van der Waals surface area (Å²) in [4.78, 5) is 18.0. The van der Waals surface area contributed by atoms with E-state index in [0.717, 1.165) is 39.0 Å². The van der Waals surface area contributed by atoms with Gasteiger partial charge >= 0.3 is 0 Å². The molecule has 148 valence electrons. The predicted octanol–water partition coefficient (Wildman–Crippen LogP) is 3.16. The van der Waals surface area contributed by atoms with E-state index < -0.39 is 0 Å². The molecule has 1 N–H and O–H groups in total. The first-order chi connectivity index (χ1) is 12.7. The minimum atomic E-state index is 0.130. The number of allylic oxidation sites excluding steroid dienone is 1. The van der Waals surface area contributed by atoms with Crippen LogP contribution in [0, 0.1) is 23.7 Å². The zero-order valence-corrected chi connectivity index (χ0v) is 16.7. The maximum absolute atomic E-state index is 12.1. The highest BCUT2D eigenvalue weighted by Crippen LogP contribution is 2.41. The molecule has 1 amide bonds. The van der Waals surface area contributed by atoms with Crippen LogP contribution in [-0.4, -0.2) is 50.9 Å². The Labute approximate surface area is 158 Å².